The van der Waals surface area contributed by atoms with E-state index in [0.717, 1.165) is 12.0 Å². The quantitative estimate of drug-likeness (QED) is 0.680. The van der Waals surface area contributed by atoms with Crippen LogP contribution in [0.2, 0.25) is 0 Å². The molecular weight excluding hydrogens is 256 g/mol. The van der Waals surface area contributed by atoms with Gasteiger partial charge in [0.2, 0.25) is 0 Å². The van der Waals surface area contributed by atoms with E-state index >= 15 is 0 Å². The number of aliphatic hydroxyl groups is 1. The fraction of sp³-hybridized carbons (Fsp3) is 0.400. The number of aliphatic hydroxyl groups excluding tert-OH is 1. The number of allylic oxidation sites excluding steroid dienone is 11. The van der Waals surface area contributed by atoms with E-state index in [1.807, 2.05) is 19.1 Å². The Balaban J connectivity index is 2.80. The largest absolute Gasteiger partial charge is 0.392 e. The van der Waals surface area contributed by atoms with Gasteiger partial charge >= 0.3 is 0 Å². The lowest BCUT2D eigenvalue weighted by atomic mass is 9.75. The van der Waals surface area contributed by atoms with Crippen molar-refractivity contribution in [3.8, 4) is 0 Å². The van der Waals surface area contributed by atoms with Crippen LogP contribution in [0.3, 0.4) is 0 Å². The summed E-state index contributed by atoms with van der Waals surface area (Å²) >= 11 is 0. The Morgan fingerprint density at radius 1 is 1.24 bits per heavy atom. The molecule has 0 aromatic carbocycles. The first-order chi connectivity index (χ1) is 9.86. The number of rotatable bonds is 5. The minimum absolute atomic E-state index is 0.0921. The summed E-state index contributed by atoms with van der Waals surface area (Å²) in [4.78, 5) is 0. The van der Waals surface area contributed by atoms with Crippen molar-refractivity contribution in [1.82, 2.24) is 0 Å². The number of hydrogen-bond donors (Lipinski definition) is 1. The zero-order chi connectivity index (χ0) is 15.9. The summed E-state index contributed by atoms with van der Waals surface area (Å²) in [5.74, 6) is 0. The minimum Gasteiger partial charge on any atom is -0.392 e. The molecule has 1 aliphatic rings. The molecule has 1 nitrogen and oxygen atoms in total. The molecule has 0 fully saturated rings. The van der Waals surface area contributed by atoms with Crippen molar-refractivity contribution < 1.29 is 5.11 Å². The van der Waals surface area contributed by atoms with Gasteiger partial charge in [-0.2, -0.15) is 0 Å². The maximum Gasteiger partial charge on any atom is 0.0617 e. The van der Waals surface area contributed by atoms with Gasteiger partial charge in [-0.3, -0.25) is 0 Å². The smallest absolute Gasteiger partial charge is 0.0617 e. The Morgan fingerprint density at radius 3 is 2.57 bits per heavy atom. The van der Waals surface area contributed by atoms with Gasteiger partial charge in [0.25, 0.3) is 0 Å². The van der Waals surface area contributed by atoms with Crippen molar-refractivity contribution in [1.29, 1.82) is 0 Å². The third-order valence-electron chi connectivity index (χ3n) is 3.79. The monoisotopic (exact) mass is 284 g/mol. The van der Waals surface area contributed by atoms with Gasteiger partial charge in [-0.15, -0.1) is 0 Å². The van der Waals surface area contributed by atoms with Crippen molar-refractivity contribution >= 4 is 0 Å². The summed E-state index contributed by atoms with van der Waals surface area (Å²) in [6, 6.07) is 0. The Kier molecular flexibility index (Phi) is 6.64. The third kappa shape index (κ3) is 5.73. The molecule has 1 aliphatic carbocycles. The number of hydrogen-bond acceptors (Lipinski definition) is 1. The van der Waals surface area contributed by atoms with Crippen LogP contribution < -0.4 is 0 Å². The first-order valence-electron chi connectivity index (χ1n) is 7.55. The first kappa shape index (κ1) is 17.5. The fourth-order valence-corrected chi connectivity index (χ4v) is 2.45. The average molecular weight is 284 g/mol. The van der Waals surface area contributed by atoms with E-state index in [2.05, 4.69) is 58.1 Å². The normalized spacial score (nSPS) is 20.1. The molecule has 0 aromatic rings. The van der Waals surface area contributed by atoms with E-state index in [9.17, 15) is 0 Å². The van der Waals surface area contributed by atoms with Gasteiger partial charge in [-0.05, 0) is 43.8 Å². The van der Waals surface area contributed by atoms with Gasteiger partial charge < -0.3 is 5.11 Å². The molecule has 1 N–H and O–H groups in total. The molecule has 0 saturated heterocycles. The molecule has 0 bridgehead atoms. The lowest BCUT2D eigenvalue weighted by molar-refractivity contribution is 0.342. The van der Waals surface area contributed by atoms with Crippen LogP contribution in [-0.2, 0) is 0 Å². The highest BCUT2D eigenvalue weighted by atomic mass is 16.2. The molecule has 0 atom stereocenters. The van der Waals surface area contributed by atoms with Crippen LogP contribution in [-0.4, -0.2) is 11.7 Å². The Morgan fingerprint density at radius 2 is 1.95 bits per heavy atom. The highest BCUT2D eigenvalue weighted by molar-refractivity contribution is 5.42. The summed E-state index contributed by atoms with van der Waals surface area (Å²) in [7, 11) is 0. The highest BCUT2D eigenvalue weighted by Gasteiger charge is 2.23. The van der Waals surface area contributed by atoms with Crippen LogP contribution in [0.4, 0.5) is 0 Å². The Labute approximate surface area is 129 Å². The van der Waals surface area contributed by atoms with Gasteiger partial charge in [-0.1, -0.05) is 73.6 Å². The molecule has 0 aliphatic heterocycles. The molecule has 1 rings (SSSR count). The van der Waals surface area contributed by atoms with Crippen LogP contribution in [0.5, 0.6) is 0 Å². The predicted octanol–water partition coefficient (Wildman–Crippen LogP) is 5.29. The lowest BCUT2D eigenvalue weighted by Crippen LogP contribution is -2.16. The van der Waals surface area contributed by atoms with E-state index in [-0.39, 0.29) is 12.0 Å². The summed E-state index contributed by atoms with van der Waals surface area (Å²) < 4.78 is 0. The molecular formula is C20H28O. The molecule has 0 amide bonds. The third-order valence-corrected chi connectivity index (χ3v) is 3.79. The molecule has 0 unspecified atom stereocenters. The van der Waals surface area contributed by atoms with Gasteiger partial charge in [0.15, 0.2) is 0 Å². The van der Waals surface area contributed by atoms with Crippen LogP contribution in [0.15, 0.2) is 70.9 Å². The van der Waals surface area contributed by atoms with Crippen molar-refractivity contribution in [2.45, 2.75) is 41.0 Å². The Bertz CT molecular complexity index is 534. The summed E-state index contributed by atoms with van der Waals surface area (Å²) in [5.41, 5.74) is 5.27. The van der Waals surface area contributed by atoms with Crippen LogP contribution in [0.1, 0.15) is 41.0 Å². The summed E-state index contributed by atoms with van der Waals surface area (Å²) in [6.07, 6.45) is 17.9. The molecule has 0 heterocycles. The van der Waals surface area contributed by atoms with E-state index in [4.69, 9.17) is 5.11 Å². The minimum atomic E-state index is 0.0921. The second kappa shape index (κ2) is 7.99. The Hall–Kier alpha value is -1.60. The molecule has 0 aromatic heterocycles. The predicted molar refractivity (Wildman–Crippen MR) is 93.1 cm³/mol. The van der Waals surface area contributed by atoms with Crippen molar-refractivity contribution in [3.05, 3.63) is 70.9 Å². The standard InChI is InChI=1S/C20H28O/c1-16(8-6-9-17(2)13-15-21)11-12-19-18(3)10-7-14-20(19,4)5/h6-13,21H,14-15H2,1-5H3/b9-6-,12-11+,16-8+,17-13+. The first-order valence-corrected chi connectivity index (χ1v) is 7.55. The van der Waals surface area contributed by atoms with Gasteiger partial charge in [0.1, 0.15) is 0 Å². The van der Waals surface area contributed by atoms with Crippen molar-refractivity contribution in [2.75, 3.05) is 6.61 Å². The van der Waals surface area contributed by atoms with Crippen LogP contribution >= 0.6 is 0 Å². The van der Waals surface area contributed by atoms with Gasteiger partial charge in [0.05, 0.1) is 6.61 Å². The van der Waals surface area contributed by atoms with E-state index < -0.39 is 0 Å². The van der Waals surface area contributed by atoms with Crippen molar-refractivity contribution in [2.24, 2.45) is 5.41 Å². The molecule has 0 spiro atoms. The van der Waals surface area contributed by atoms with Crippen molar-refractivity contribution in [3.63, 3.8) is 0 Å². The van der Waals surface area contributed by atoms with E-state index in [1.165, 1.54) is 16.7 Å². The summed E-state index contributed by atoms with van der Waals surface area (Å²) in [5, 5.41) is 8.80. The second-order valence-corrected chi connectivity index (χ2v) is 6.32. The van der Waals surface area contributed by atoms with Crippen LogP contribution in [0, 0.1) is 5.41 Å². The fourth-order valence-electron chi connectivity index (χ4n) is 2.45. The molecule has 21 heavy (non-hydrogen) atoms. The molecule has 0 radical (unpaired) electrons. The van der Waals surface area contributed by atoms with Gasteiger partial charge in [-0.25, -0.2) is 0 Å². The topological polar surface area (TPSA) is 20.2 Å². The average Bonchev–Trinajstić information content (AvgIpc) is 2.37. The van der Waals surface area contributed by atoms with E-state index in [1.54, 1.807) is 6.08 Å². The van der Waals surface area contributed by atoms with E-state index in [0.29, 0.717) is 0 Å². The highest BCUT2D eigenvalue weighted by Crippen LogP contribution is 2.37. The molecule has 1 heteroatoms. The molecule has 114 valence electrons. The molecule has 0 saturated carbocycles. The zero-order valence-corrected chi connectivity index (χ0v) is 14.0. The lowest BCUT2D eigenvalue weighted by Gasteiger charge is -2.29. The maximum absolute atomic E-state index is 8.80. The maximum atomic E-state index is 8.80. The van der Waals surface area contributed by atoms with Crippen LogP contribution in [0.25, 0.3) is 0 Å². The zero-order valence-electron chi connectivity index (χ0n) is 14.0. The SMILES string of the molecule is CC1=C(/C=C/C(C)=C/C=C\C(C)=C\CO)C(C)(C)CC=C1. The second-order valence-electron chi connectivity index (χ2n) is 6.32. The van der Waals surface area contributed by atoms with Gasteiger partial charge in [0, 0.05) is 0 Å². The summed E-state index contributed by atoms with van der Waals surface area (Å²) in [6.45, 7) is 10.9.